The van der Waals surface area contributed by atoms with Crippen LogP contribution in [0.4, 0.5) is 5.69 Å². The topological polar surface area (TPSA) is 59.1 Å². The molecule has 1 aliphatic carbocycles. The van der Waals surface area contributed by atoms with Crippen molar-refractivity contribution in [3.63, 3.8) is 0 Å². The molecule has 2 amide bonds. The van der Waals surface area contributed by atoms with Crippen LogP contribution in [0.15, 0.2) is 18.2 Å². The molecule has 2 heterocycles. The summed E-state index contributed by atoms with van der Waals surface area (Å²) in [5.74, 6) is 1.19. The summed E-state index contributed by atoms with van der Waals surface area (Å²) in [7, 11) is 1.91. The summed E-state index contributed by atoms with van der Waals surface area (Å²) in [5.41, 5.74) is 0.770. The number of nitrogens with zero attached hydrogens (tertiary/aromatic N) is 2. The zero-order valence-corrected chi connectivity index (χ0v) is 15.3. The molecule has 6 nitrogen and oxygen atoms in total. The number of fused-ring (bicyclic) bond motifs is 1. The SMILES string of the molecule is CN(C(=O)[C@H]1CC(=O)N(c2ccc3c(c2)OCO3)C1)C1CCCCCC1. The molecule has 1 atom stereocenters. The second-order valence-electron chi connectivity index (χ2n) is 7.54. The summed E-state index contributed by atoms with van der Waals surface area (Å²) >= 11 is 0. The van der Waals surface area contributed by atoms with Crippen LogP contribution < -0.4 is 14.4 Å². The van der Waals surface area contributed by atoms with E-state index in [0.29, 0.717) is 24.1 Å². The van der Waals surface area contributed by atoms with Gasteiger partial charge in [-0.05, 0) is 25.0 Å². The summed E-state index contributed by atoms with van der Waals surface area (Å²) in [5, 5.41) is 0. The Morgan fingerprint density at radius 1 is 1.12 bits per heavy atom. The van der Waals surface area contributed by atoms with Crippen LogP contribution in [0.25, 0.3) is 0 Å². The highest BCUT2D eigenvalue weighted by Gasteiger charge is 2.38. The molecule has 4 rings (SSSR count). The van der Waals surface area contributed by atoms with E-state index in [1.54, 1.807) is 4.90 Å². The molecule has 1 saturated carbocycles. The van der Waals surface area contributed by atoms with Crippen molar-refractivity contribution in [1.82, 2.24) is 4.90 Å². The third-order valence-electron chi connectivity index (χ3n) is 5.86. The monoisotopic (exact) mass is 358 g/mol. The fourth-order valence-electron chi connectivity index (χ4n) is 4.29. The van der Waals surface area contributed by atoms with Crippen LogP contribution in [-0.4, -0.2) is 43.1 Å². The van der Waals surface area contributed by atoms with Crippen molar-refractivity contribution in [2.75, 3.05) is 25.3 Å². The van der Waals surface area contributed by atoms with Crippen LogP contribution in [0.3, 0.4) is 0 Å². The van der Waals surface area contributed by atoms with E-state index in [2.05, 4.69) is 0 Å². The van der Waals surface area contributed by atoms with Gasteiger partial charge in [-0.1, -0.05) is 25.7 Å². The minimum atomic E-state index is -0.263. The number of hydrogen-bond donors (Lipinski definition) is 0. The molecule has 26 heavy (non-hydrogen) atoms. The van der Waals surface area contributed by atoms with Gasteiger partial charge in [-0.3, -0.25) is 9.59 Å². The van der Waals surface area contributed by atoms with Gasteiger partial charge in [0.2, 0.25) is 18.6 Å². The zero-order valence-electron chi connectivity index (χ0n) is 15.3. The molecule has 1 saturated heterocycles. The van der Waals surface area contributed by atoms with E-state index in [0.717, 1.165) is 18.5 Å². The second kappa shape index (κ2) is 7.17. The first-order valence-electron chi connectivity index (χ1n) is 9.60. The highest BCUT2D eigenvalue weighted by molar-refractivity contribution is 6.00. The Kier molecular flexibility index (Phi) is 4.74. The maximum atomic E-state index is 13.0. The molecule has 140 valence electrons. The Bertz CT molecular complexity index is 697. The molecular weight excluding hydrogens is 332 g/mol. The molecule has 0 radical (unpaired) electrons. The lowest BCUT2D eigenvalue weighted by atomic mass is 10.0. The van der Waals surface area contributed by atoms with Gasteiger partial charge in [-0.2, -0.15) is 0 Å². The Labute approximate surface area is 154 Å². The summed E-state index contributed by atoms with van der Waals surface area (Å²) < 4.78 is 10.7. The molecule has 1 aromatic rings. The van der Waals surface area contributed by atoms with Crippen molar-refractivity contribution < 1.29 is 19.1 Å². The predicted octanol–water partition coefficient (Wildman–Crippen LogP) is 2.95. The maximum Gasteiger partial charge on any atom is 0.231 e. The van der Waals surface area contributed by atoms with Gasteiger partial charge >= 0.3 is 0 Å². The van der Waals surface area contributed by atoms with E-state index in [1.807, 2.05) is 30.1 Å². The quantitative estimate of drug-likeness (QED) is 0.780. The van der Waals surface area contributed by atoms with Gasteiger partial charge in [0.25, 0.3) is 0 Å². The van der Waals surface area contributed by atoms with Crippen molar-refractivity contribution in [3.05, 3.63) is 18.2 Å². The Balaban J connectivity index is 1.44. The lowest BCUT2D eigenvalue weighted by molar-refractivity contribution is -0.136. The van der Waals surface area contributed by atoms with Crippen molar-refractivity contribution in [2.45, 2.75) is 51.0 Å². The first-order valence-corrected chi connectivity index (χ1v) is 9.60. The number of carbonyl (C=O) groups is 2. The Morgan fingerprint density at radius 2 is 1.85 bits per heavy atom. The molecule has 1 aromatic carbocycles. The molecule has 0 bridgehead atoms. The van der Waals surface area contributed by atoms with Crippen molar-refractivity contribution in [2.24, 2.45) is 5.92 Å². The average Bonchev–Trinajstić information content (AvgIpc) is 3.17. The largest absolute Gasteiger partial charge is 0.454 e. The molecule has 6 heteroatoms. The van der Waals surface area contributed by atoms with E-state index in [9.17, 15) is 9.59 Å². The number of ether oxygens (including phenoxy) is 2. The predicted molar refractivity (Wildman–Crippen MR) is 97.3 cm³/mol. The van der Waals surface area contributed by atoms with Crippen LogP contribution in [0.5, 0.6) is 11.5 Å². The number of hydrogen-bond acceptors (Lipinski definition) is 4. The summed E-state index contributed by atoms with van der Waals surface area (Å²) in [4.78, 5) is 29.1. The van der Waals surface area contributed by atoms with Crippen LogP contribution in [0.1, 0.15) is 44.9 Å². The van der Waals surface area contributed by atoms with Crippen LogP contribution >= 0.6 is 0 Å². The van der Waals surface area contributed by atoms with E-state index < -0.39 is 0 Å². The van der Waals surface area contributed by atoms with Crippen LogP contribution in [0, 0.1) is 5.92 Å². The smallest absolute Gasteiger partial charge is 0.231 e. The van der Waals surface area contributed by atoms with Crippen molar-refractivity contribution in [1.29, 1.82) is 0 Å². The van der Waals surface area contributed by atoms with Gasteiger partial charge in [-0.15, -0.1) is 0 Å². The average molecular weight is 358 g/mol. The van der Waals surface area contributed by atoms with Crippen LogP contribution in [0.2, 0.25) is 0 Å². The number of anilines is 1. The standard InChI is InChI=1S/C20H26N2O4/c1-21(15-6-4-2-3-5-7-15)20(24)14-10-19(23)22(12-14)16-8-9-17-18(11-16)26-13-25-17/h8-9,11,14-15H,2-7,10,12-13H2,1H3/t14-/m0/s1. The van der Waals surface area contributed by atoms with Gasteiger partial charge in [-0.25, -0.2) is 0 Å². The molecule has 0 spiro atoms. The number of rotatable bonds is 3. The van der Waals surface area contributed by atoms with Gasteiger partial charge in [0, 0.05) is 37.8 Å². The lowest BCUT2D eigenvalue weighted by Gasteiger charge is -2.29. The molecule has 0 N–H and O–H groups in total. The van der Waals surface area contributed by atoms with Gasteiger partial charge in [0.05, 0.1) is 5.92 Å². The minimum absolute atomic E-state index is 0.00326. The summed E-state index contributed by atoms with van der Waals surface area (Å²) in [6.07, 6.45) is 7.34. The highest BCUT2D eigenvalue weighted by Crippen LogP contribution is 2.37. The fraction of sp³-hybridized carbons (Fsp3) is 0.600. The summed E-state index contributed by atoms with van der Waals surface area (Å²) in [6, 6.07) is 5.81. The minimum Gasteiger partial charge on any atom is -0.454 e. The molecular formula is C20H26N2O4. The van der Waals surface area contributed by atoms with E-state index >= 15 is 0 Å². The highest BCUT2D eigenvalue weighted by atomic mass is 16.7. The third-order valence-corrected chi connectivity index (χ3v) is 5.86. The van der Waals surface area contributed by atoms with Crippen molar-refractivity contribution in [3.8, 4) is 11.5 Å². The van der Waals surface area contributed by atoms with E-state index in [-0.39, 0.29) is 30.9 Å². The van der Waals surface area contributed by atoms with E-state index in [4.69, 9.17) is 9.47 Å². The number of carbonyl (C=O) groups excluding carboxylic acids is 2. The number of amides is 2. The molecule has 3 aliphatic rings. The molecule has 2 fully saturated rings. The lowest BCUT2D eigenvalue weighted by Crippen LogP contribution is -2.41. The Morgan fingerprint density at radius 3 is 2.62 bits per heavy atom. The first-order chi connectivity index (χ1) is 12.6. The van der Waals surface area contributed by atoms with Gasteiger partial charge in [0.15, 0.2) is 11.5 Å². The third kappa shape index (κ3) is 3.24. The molecule has 2 aliphatic heterocycles. The fourth-order valence-corrected chi connectivity index (χ4v) is 4.29. The zero-order chi connectivity index (χ0) is 18.1. The van der Waals surface area contributed by atoms with Crippen molar-refractivity contribution >= 4 is 17.5 Å². The first kappa shape index (κ1) is 17.2. The Hall–Kier alpha value is -2.24. The second-order valence-corrected chi connectivity index (χ2v) is 7.54. The van der Waals surface area contributed by atoms with Crippen LogP contribution in [-0.2, 0) is 9.59 Å². The van der Waals surface area contributed by atoms with Gasteiger partial charge < -0.3 is 19.3 Å². The normalized spacial score (nSPS) is 23.2. The number of benzene rings is 1. The van der Waals surface area contributed by atoms with Gasteiger partial charge in [0.1, 0.15) is 0 Å². The summed E-state index contributed by atoms with van der Waals surface area (Å²) in [6.45, 7) is 0.647. The maximum absolute atomic E-state index is 13.0. The molecule has 0 unspecified atom stereocenters. The van der Waals surface area contributed by atoms with E-state index in [1.165, 1.54) is 25.7 Å². The molecule has 0 aromatic heterocycles.